The van der Waals surface area contributed by atoms with Crippen molar-refractivity contribution in [3.8, 4) is 0 Å². The van der Waals surface area contributed by atoms with Crippen LogP contribution in [0.15, 0.2) is 30.9 Å². The van der Waals surface area contributed by atoms with Crippen LogP contribution in [0, 0.1) is 35.4 Å². The van der Waals surface area contributed by atoms with E-state index in [4.69, 9.17) is 0 Å². The van der Waals surface area contributed by atoms with E-state index in [1.807, 2.05) is 12.1 Å². The Labute approximate surface area is 191 Å². The highest BCUT2D eigenvalue weighted by Crippen LogP contribution is 2.51. The number of unbranched alkanes of at least 4 members (excludes halogenated alkanes) is 2. The fourth-order valence-electron chi connectivity index (χ4n) is 7.43. The third kappa shape index (κ3) is 5.82. The van der Waals surface area contributed by atoms with Gasteiger partial charge >= 0.3 is 0 Å². The summed E-state index contributed by atoms with van der Waals surface area (Å²) in [5.74, 6) is 5.43. The zero-order valence-corrected chi connectivity index (χ0v) is 20.0. The molecule has 0 spiro atoms. The molecule has 0 nitrogen and oxygen atoms in total. The molecular weight excluding hydrogens is 379 g/mol. The van der Waals surface area contributed by atoms with Crippen LogP contribution in [-0.4, -0.2) is 0 Å². The molecule has 0 N–H and O–H groups in total. The first-order chi connectivity index (χ1) is 15.2. The smallest absolute Gasteiger partial charge is 0.126 e. The minimum atomic E-state index is -0.0338. The highest BCUT2D eigenvalue weighted by atomic mass is 19.1. The zero-order valence-electron chi connectivity index (χ0n) is 20.0. The van der Waals surface area contributed by atoms with Crippen LogP contribution in [-0.2, 0) is 6.42 Å². The van der Waals surface area contributed by atoms with Crippen LogP contribution < -0.4 is 0 Å². The van der Waals surface area contributed by atoms with Crippen molar-refractivity contribution in [1.82, 2.24) is 0 Å². The second-order valence-corrected chi connectivity index (χ2v) is 11.2. The van der Waals surface area contributed by atoms with E-state index in [1.54, 1.807) is 6.08 Å². The van der Waals surface area contributed by atoms with Gasteiger partial charge in [-0.25, -0.2) is 4.39 Å². The lowest BCUT2D eigenvalue weighted by atomic mass is 9.60. The van der Waals surface area contributed by atoms with Gasteiger partial charge in [0.15, 0.2) is 0 Å². The molecule has 4 unspecified atom stereocenters. The fourth-order valence-corrected chi connectivity index (χ4v) is 7.43. The summed E-state index contributed by atoms with van der Waals surface area (Å²) in [4.78, 5) is 0. The van der Waals surface area contributed by atoms with Gasteiger partial charge in [0.25, 0.3) is 0 Å². The third-order valence-electron chi connectivity index (χ3n) is 9.34. The predicted molar refractivity (Wildman–Crippen MR) is 131 cm³/mol. The van der Waals surface area contributed by atoms with Crippen molar-refractivity contribution in [2.45, 2.75) is 109 Å². The Morgan fingerprint density at radius 3 is 2.26 bits per heavy atom. The molecule has 0 amide bonds. The Morgan fingerprint density at radius 2 is 1.55 bits per heavy atom. The first-order valence-corrected chi connectivity index (χ1v) is 13.6. The monoisotopic (exact) mass is 424 g/mol. The molecule has 3 saturated carbocycles. The largest absolute Gasteiger partial charge is 0.207 e. The Balaban J connectivity index is 1.25. The quantitative estimate of drug-likeness (QED) is 0.288. The summed E-state index contributed by atoms with van der Waals surface area (Å²) >= 11 is 0. The average Bonchev–Trinajstić information content (AvgIpc) is 2.80. The maximum atomic E-state index is 14.4. The van der Waals surface area contributed by atoms with Gasteiger partial charge in [-0.1, -0.05) is 63.7 Å². The molecule has 1 aromatic carbocycles. The van der Waals surface area contributed by atoms with Crippen LogP contribution in [0.5, 0.6) is 0 Å². The fraction of sp³-hybridized carbons (Fsp3) is 0.733. The summed E-state index contributed by atoms with van der Waals surface area (Å²) in [6.45, 7) is 6.06. The Kier molecular flexibility index (Phi) is 8.30. The van der Waals surface area contributed by atoms with Gasteiger partial charge in [-0.05, 0) is 110 Å². The summed E-state index contributed by atoms with van der Waals surface area (Å²) in [5.41, 5.74) is 2.03. The molecule has 31 heavy (non-hydrogen) atoms. The van der Waals surface area contributed by atoms with Crippen molar-refractivity contribution in [2.24, 2.45) is 29.6 Å². The van der Waals surface area contributed by atoms with Gasteiger partial charge in [0.2, 0.25) is 0 Å². The van der Waals surface area contributed by atoms with E-state index in [0.29, 0.717) is 12.3 Å². The Bertz CT molecular complexity index is 698. The molecular formula is C30H45F. The van der Waals surface area contributed by atoms with E-state index < -0.39 is 0 Å². The Hall–Kier alpha value is -1.11. The molecule has 1 heteroatoms. The number of rotatable bonds is 8. The SMILES string of the molecule is C=CCc1ccc(C2CCC3CC(C4CCC(CCCCC)CC4)CCC3C2)cc1F. The highest BCUT2D eigenvalue weighted by molar-refractivity contribution is 5.28. The van der Waals surface area contributed by atoms with Gasteiger partial charge in [-0.2, -0.15) is 0 Å². The molecule has 0 saturated heterocycles. The second-order valence-electron chi connectivity index (χ2n) is 11.2. The van der Waals surface area contributed by atoms with Crippen molar-refractivity contribution < 1.29 is 4.39 Å². The lowest BCUT2D eigenvalue weighted by Gasteiger charge is -2.45. The number of allylic oxidation sites excluding steroid dienone is 1. The minimum Gasteiger partial charge on any atom is -0.207 e. The minimum absolute atomic E-state index is 0.0338. The van der Waals surface area contributed by atoms with E-state index >= 15 is 0 Å². The molecule has 1 aromatic rings. The maximum Gasteiger partial charge on any atom is 0.126 e. The Morgan fingerprint density at radius 1 is 0.871 bits per heavy atom. The van der Waals surface area contributed by atoms with Crippen molar-refractivity contribution in [1.29, 1.82) is 0 Å². The number of hydrogen-bond donors (Lipinski definition) is 0. The normalized spacial score (nSPS) is 33.6. The van der Waals surface area contributed by atoms with Crippen LogP contribution in [0.4, 0.5) is 4.39 Å². The molecule has 0 bridgehead atoms. The summed E-state index contributed by atoms with van der Waals surface area (Å²) < 4.78 is 14.4. The number of halogens is 1. The van der Waals surface area contributed by atoms with E-state index in [1.165, 1.54) is 95.5 Å². The number of fused-ring (bicyclic) bond motifs is 1. The van der Waals surface area contributed by atoms with Crippen LogP contribution >= 0.6 is 0 Å². The predicted octanol–water partition coefficient (Wildman–Crippen LogP) is 9.24. The van der Waals surface area contributed by atoms with Crippen LogP contribution in [0.3, 0.4) is 0 Å². The standard InChI is InChI=1S/C30H45F/c1-3-5-6-8-22-9-11-23(12-10-22)25-15-16-27-20-28(18-17-26(27)19-25)29-14-13-24(7-4-2)30(31)21-29/h4,13-14,21-23,25-28H,2-3,5-12,15-20H2,1H3. The van der Waals surface area contributed by atoms with Crippen molar-refractivity contribution in [2.75, 3.05) is 0 Å². The molecule has 3 aliphatic rings. The lowest BCUT2D eigenvalue weighted by molar-refractivity contribution is 0.0710. The first-order valence-electron chi connectivity index (χ1n) is 13.6. The molecule has 4 atom stereocenters. The van der Waals surface area contributed by atoms with Gasteiger partial charge in [-0.3, -0.25) is 0 Å². The number of hydrogen-bond acceptors (Lipinski definition) is 0. The van der Waals surface area contributed by atoms with Gasteiger partial charge < -0.3 is 0 Å². The molecule has 0 radical (unpaired) electrons. The topological polar surface area (TPSA) is 0 Å². The van der Waals surface area contributed by atoms with E-state index in [0.717, 1.165) is 35.2 Å². The summed E-state index contributed by atoms with van der Waals surface area (Å²) in [6.07, 6.45) is 22.5. The molecule has 0 aromatic heterocycles. The average molecular weight is 425 g/mol. The van der Waals surface area contributed by atoms with Crippen LogP contribution in [0.25, 0.3) is 0 Å². The second kappa shape index (κ2) is 11.2. The lowest BCUT2D eigenvalue weighted by Crippen LogP contribution is -2.34. The summed E-state index contributed by atoms with van der Waals surface area (Å²) in [6, 6.07) is 6.01. The molecule has 3 aliphatic carbocycles. The highest BCUT2D eigenvalue weighted by Gasteiger charge is 2.39. The van der Waals surface area contributed by atoms with Crippen LogP contribution in [0.2, 0.25) is 0 Å². The van der Waals surface area contributed by atoms with Gasteiger partial charge in [-0.15, -0.1) is 6.58 Å². The molecule has 4 rings (SSSR count). The zero-order chi connectivity index (χ0) is 21.6. The first kappa shape index (κ1) is 23.1. The number of benzene rings is 1. The maximum absolute atomic E-state index is 14.4. The van der Waals surface area contributed by atoms with E-state index in [9.17, 15) is 4.39 Å². The van der Waals surface area contributed by atoms with E-state index in [2.05, 4.69) is 19.6 Å². The molecule has 0 heterocycles. The summed E-state index contributed by atoms with van der Waals surface area (Å²) in [5, 5.41) is 0. The van der Waals surface area contributed by atoms with Gasteiger partial charge in [0.05, 0.1) is 0 Å². The summed E-state index contributed by atoms with van der Waals surface area (Å²) in [7, 11) is 0. The van der Waals surface area contributed by atoms with Crippen LogP contribution in [0.1, 0.15) is 114 Å². The molecule has 0 aliphatic heterocycles. The molecule has 3 fully saturated rings. The van der Waals surface area contributed by atoms with E-state index in [-0.39, 0.29) is 5.82 Å². The van der Waals surface area contributed by atoms with Crippen molar-refractivity contribution >= 4 is 0 Å². The third-order valence-corrected chi connectivity index (χ3v) is 9.34. The van der Waals surface area contributed by atoms with Crippen molar-refractivity contribution in [3.63, 3.8) is 0 Å². The molecule has 172 valence electrons. The van der Waals surface area contributed by atoms with Gasteiger partial charge in [0, 0.05) is 0 Å². The van der Waals surface area contributed by atoms with Crippen molar-refractivity contribution in [3.05, 3.63) is 47.8 Å². The van der Waals surface area contributed by atoms with Gasteiger partial charge in [0.1, 0.15) is 5.82 Å².